The number of carbonyl (C=O) groups is 3. The van der Waals surface area contributed by atoms with Crippen molar-refractivity contribution in [1.82, 2.24) is 9.80 Å². The Kier molecular flexibility index (Phi) is 6.74. The van der Waals surface area contributed by atoms with E-state index in [-0.39, 0.29) is 24.3 Å². The second kappa shape index (κ2) is 9.47. The molecule has 4 aliphatic heterocycles. The highest BCUT2D eigenvalue weighted by Gasteiger charge is 2.74. The van der Waals surface area contributed by atoms with Crippen LogP contribution in [-0.2, 0) is 14.4 Å². The highest BCUT2D eigenvalue weighted by Crippen LogP contribution is 2.66. The molecule has 4 heterocycles. The highest BCUT2D eigenvalue weighted by atomic mass is 35.5. The molecule has 1 aromatic carbocycles. The average Bonchev–Trinajstić information content (AvgIpc) is 3.14. The molecule has 198 valence electrons. The fourth-order valence-corrected chi connectivity index (χ4v) is 9.18. The standard InChI is InChI=1S/C28H34ClN3O4S/c1-5-13-30-14-7-11-27(4)20(24(30)34)21-25(35)32(18(3)16-33)23-26(36)31(15-8-12-28(21,23)37-27)22-17(2)9-6-10-19(22)29/h6-12,18,20-21,23,33H,5,13-16H2,1-4H3/t18-,20+,21+,23?,27-,28+/m1/s1. The molecule has 0 bridgehead atoms. The minimum atomic E-state index is -0.948. The molecule has 1 unspecified atom stereocenters. The van der Waals surface area contributed by atoms with E-state index in [1.54, 1.807) is 34.6 Å². The zero-order chi connectivity index (χ0) is 26.7. The van der Waals surface area contributed by atoms with E-state index in [9.17, 15) is 19.5 Å². The number of amides is 3. The Morgan fingerprint density at radius 1 is 1.11 bits per heavy atom. The first kappa shape index (κ1) is 26.3. The Bertz CT molecular complexity index is 1180. The van der Waals surface area contributed by atoms with Crippen LogP contribution in [0.1, 0.15) is 32.8 Å². The number of aryl methyl sites for hydroxylation is 1. The van der Waals surface area contributed by atoms with Gasteiger partial charge in [-0.15, -0.1) is 11.8 Å². The number of likely N-dealkylation sites (tertiary alicyclic amines) is 1. The molecule has 3 amide bonds. The molecule has 0 aromatic heterocycles. The SMILES string of the molecule is CCCN1CC=C[C@@]2(C)S[C@]34C=CCN(c5c(C)cccc5Cl)C(=O)C3N([C@H](C)CO)C(=O)[C@@H]4[C@H]2C1=O. The number of nitrogens with zero attached hydrogens (tertiary/aromatic N) is 3. The van der Waals surface area contributed by atoms with Crippen LogP contribution in [0, 0.1) is 18.8 Å². The molecule has 0 radical (unpaired) electrons. The number of fused-ring (bicyclic) bond motifs is 2. The highest BCUT2D eigenvalue weighted by molar-refractivity contribution is 8.02. The van der Waals surface area contributed by atoms with E-state index >= 15 is 0 Å². The maximum absolute atomic E-state index is 14.5. The number of aliphatic hydroxyl groups excluding tert-OH is 1. The smallest absolute Gasteiger partial charge is 0.251 e. The minimum Gasteiger partial charge on any atom is -0.394 e. The number of anilines is 1. The zero-order valence-electron chi connectivity index (χ0n) is 21.7. The Morgan fingerprint density at radius 2 is 1.84 bits per heavy atom. The number of carbonyl (C=O) groups excluding carboxylic acids is 3. The van der Waals surface area contributed by atoms with Gasteiger partial charge in [-0.25, -0.2) is 0 Å². The number of benzene rings is 1. The summed E-state index contributed by atoms with van der Waals surface area (Å²) in [5, 5.41) is 10.6. The van der Waals surface area contributed by atoms with Crippen molar-refractivity contribution in [2.45, 2.75) is 55.7 Å². The minimum absolute atomic E-state index is 0.0433. The van der Waals surface area contributed by atoms with Crippen molar-refractivity contribution in [3.63, 3.8) is 0 Å². The Labute approximate surface area is 227 Å². The number of para-hydroxylation sites is 1. The van der Waals surface area contributed by atoms with Gasteiger partial charge in [-0.1, -0.05) is 55.0 Å². The Balaban J connectivity index is 1.68. The van der Waals surface area contributed by atoms with Gasteiger partial charge in [-0.3, -0.25) is 14.4 Å². The van der Waals surface area contributed by atoms with E-state index < -0.39 is 33.4 Å². The summed E-state index contributed by atoms with van der Waals surface area (Å²) in [6, 6.07) is 4.05. The third-order valence-electron chi connectivity index (χ3n) is 8.27. The summed E-state index contributed by atoms with van der Waals surface area (Å²) < 4.78 is -1.59. The molecular weight excluding hydrogens is 510 g/mol. The lowest BCUT2D eigenvalue weighted by atomic mass is 9.74. The van der Waals surface area contributed by atoms with Crippen LogP contribution in [0.2, 0.25) is 5.02 Å². The lowest BCUT2D eigenvalue weighted by molar-refractivity contribution is -0.145. The summed E-state index contributed by atoms with van der Waals surface area (Å²) in [5.74, 6) is -1.86. The van der Waals surface area contributed by atoms with Crippen LogP contribution >= 0.6 is 23.4 Å². The normalized spacial score (nSPS) is 33.8. The monoisotopic (exact) mass is 543 g/mol. The molecule has 5 rings (SSSR count). The summed E-state index contributed by atoms with van der Waals surface area (Å²) in [7, 11) is 0. The number of halogens is 1. The van der Waals surface area contributed by atoms with Gasteiger partial charge in [0.15, 0.2) is 0 Å². The molecule has 2 fully saturated rings. The Morgan fingerprint density at radius 3 is 2.51 bits per heavy atom. The van der Waals surface area contributed by atoms with Gasteiger partial charge in [0, 0.05) is 24.4 Å². The van der Waals surface area contributed by atoms with Gasteiger partial charge >= 0.3 is 0 Å². The van der Waals surface area contributed by atoms with Crippen LogP contribution in [-0.4, -0.2) is 80.4 Å². The van der Waals surface area contributed by atoms with Crippen LogP contribution in [0.5, 0.6) is 0 Å². The van der Waals surface area contributed by atoms with Gasteiger partial charge in [0.25, 0.3) is 5.91 Å². The third kappa shape index (κ3) is 3.78. The molecule has 7 nitrogen and oxygen atoms in total. The number of hydrogen-bond acceptors (Lipinski definition) is 5. The van der Waals surface area contributed by atoms with Gasteiger partial charge in [0.2, 0.25) is 11.8 Å². The maximum atomic E-state index is 14.5. The molecule has 6 atom stereocenters. The quantitative estimate of drug-likeness (QED) is 0.576. The molecular formula is C28H34ClN3O4S. The van der Waals surface area contributed by atoms with Crippen LogP contribution in [0.25, 0.3) is 0 Å². The number of thioether (sulfide) groups is 1. The molecule has 1 N–H and O–H groups in total. The predicted molar refractivity (Wildman–Crippen MR) is 147 cm³/mol. The fourth-order valence-electron chi connectivity index (χ4n) is 6.71. The van der Waals surface area contributed by atoms with Crippen molar-refractivity contribution in [1.29, 1.82) is 0 Å². The molecule has 0 saturated carbocycles. The second-order valence-electron chi connectivity index (χ2n) is 10.7. The summed E-state index contributed by atoms with van der Waals surface area (Å²) in [6.45, 7) is 8.86. The molecule has 37 heavy (non-hydrogen) atoms. The largest absolute Gasteiger partial charge is 0.394 e. The van der Waals surface area contributed by atoms with Crippen molar-refractivity contribution in [3.05, 3.63) is 53.1 Å². The molecule has 1 spiro atoms. The van der Waals surface area contributed by atoms with E-state index in [0.29, 0.717) is 30.3 Å². The molecule has 1 aromatic rings. The van der Waals surface area contributed by atoms with Gasteiger partial charge in [-0.05, 0) is 38.8 Å². The lowest BCUT2D eigenvalue weighted by Crippen LogP contribution is -2.56. The average molecular weight is 544 g/mol. The van der Waals surface area contributed by atoms with Gasteiger partial charge < -0.3 is 19.8 Å². The first-order valence-corrected chi connectivity index (χ1v) is 14.1. The summed E-state index contributed by atoms with van der Waals surface area (Å²) in [4.78, 5) is 47.8. The summed E-state index contributed by atoms with van der Waals surface area (Å²) in [5.41, 5.74) is 1.48. The Hall–Kier alpha value is -2.29. The van der Waals surface area contributed by atoms with Crippen LogP contribution in [0.3, 0.4) is 0 Å². The molecule has 2 saturated heterocycles. The van der Waals surface area contributed by atoms with Crippen molar-refractivity contribution in [2.24, 2.45) is 11.8 Å². The zero-order valence-corrected chi connectivity index (χ0v) is 23.3. The molecule has 0 aliphatic carbocycles. The summed E-state index contributed by atoms with van der Waals surface area (Å²) in [6.07, 6.45) is 8.83. The molecule has 9 heteroatoms. The van der Waals surface area contributed by atoms with Gasteiger partial charge in [-0.2, -0.15) is 0 Å². The number of rotatable bonds is 5. The van der Waals surface area contributed by atoms with Gasteiger partial charge in [0.1, 0.15) is 6.04 Å². The van der Waals surface area contributed by atoms with E-state index in [1.807, 2.05) is 56.0 Å². The van der Waals surface area contributed by atoms with Crippen molar-refractivity contribution < 1.29 is 19.5 Å². The van der Waals surface area contributed by atoms with E-state index in [2.05, 4.69) is 6.08 Å². The topological polar surface area (TPSA) is 81.2 Å². The van der Waals surface area contributed by atoms with Crippen molar-refractivity contribution in [3.8, 4) is 0 Å². The van der Waals surface area contributed by atoms with Crippen molar-refractivity contribution >= 4 is 46.8 Å². The first-order chi connectivity index (χ1) is 17.6. The van der Waals surface area contributed by atoms with E-state index in [0.717, 1.165) is 12.0 Å². The van der Waals surface area contributed by atoms with Crippen molar-refractivity contribution in [2.75, 3.05) is 31.1 Å². The lowest BCUT2D eigenvalue weighted by Gasteiger charge is -2.39. The fraction of sp³-hybridized carbons (Fsp3) is 0.536. The van der Waals surface area contributed by atoms with Gasteiger partial charge in [0.05, 0.1) is 39.9 Å². The summed E-state index contributed by atoms with van der Waals surface area (Å²) >= 11 is 8.14. The first-order valence-electron chi connectivity index (χ1n) is 12.9. The maximum Gasteiger partial charge on any atom is 0.251 e. The van der Waals surface area contributed by atoms with E-state index in [4.69, 9.17) is 11.6 Å². The number of hydrogen-bond donors (Lipinski definition) is 1. The number of aliphatic hydroxyl groups is 1. The van der Waals surface area contributed by atoms with Crippen LogP contribution in [0.4, 0.5) is 5.69 Å². The third-order valence-corrected chi connectivity index (χ3v) is 10.4. The molecule has 4 aliphatic rings. The second-order valence-corrected chi connectivity index (χ2v) is 12.9. The van der Waals surface area contributed by atoms with Crippen LogP contribution < -0.4 is 4.90 Å². The van der Waals surface area contributed by atoms with Crippen LogP contribution in [0.15, 0.2) is 42.5 Å². The van der Waals surface area contributed by atoms with E-state index in [1.165, 1.54) is 0 Å². The predicted octanol–water partition coefficient (Wildman–Crippen LogP) is 3.43.